The number of aromatic nitrogens is 2. The highest BCUT2D eigenvalue weighted by molar-refractivity contribution is 7.92. The maximum Gasteiger partial charge on any atom is 0.292 e. The van der Waals surface area contributed by atoms with Crippen LogP contribution in [-0.4, -0.2) is 23.1 Å². The standard InChI is InChI=1S/C10H11N5O4S/c1-14-5-4-10(12-14)13-20(18,19)7-2-3-9(15(16)17)8(11)6-7/h2-6H,11H2,1H3,(H,12,13). The van der Waals surface area contributed by atoms with E-state index in [1.807, 2.05) is 0 Å². The SMILES string of the molecule is Cn1ccc(NS(=O)(=O)c2ccc([N+](=O)[O-])c(N)c2)n1. The molecule has 0 aliphatic heterocycles. The molecule has 0 saturated carbocycles. The van der Waals surface area contributed by atoms with Crippen LogP contribution in [0.25, 0.3) is 0 Å². The van der Waals surface area contributed by atoms with Gasteiger partial charge in [0.1, 0.15) is 5.69 Å². The molecule has 106 valence electrons. The first kappa shape index (κ1) is 13.8. The van der Waals surface area contributed by atoms with Crippen LogP contribution in [0.4, 0.5) is 17.2 Å². The minimum absolute atomic E-state index is 0.143. The summed E-state index contributed by atoms with van der Waals surface area (Å²) in [5.41, 5.74) is 4.89. The largest absolute Gasteiger partial charge is 0.393 e. The van der Waals surface area contributed by atoms with Gasteiger partial charge in [0.25, 0.3) is 15.7 Å². The highest BCUT2D eigenvalue weighted by Crippen LogP contribution is 2.25. The van der Waals surface area contributed by atoms with E-state index in [4.69, 9.17) is 5.73 Å². The fourth-order valence-corrected chi connectivity index (χ4v) is 2.56. The van der Waals surface area contributed by atoms with Crippen LogP contribution in [0.1, 0.15) is 0 Å². The highest BCUT2D eigenvalue weighted by Gasteiger charge is 2.19. The Balaban J connectivity index is 2.35. The van der Waals surface area contributed by atoms with E-state index >= 15 is 0 Å². The van der Waals surface area contributed by atoms with Gasteiger partial charge in [-0.05, 0) is 12.1 Å². The molecular weight excluding hydrogens is 286 g/mol. The van der Waals surface area contributed by atoms with Crippen molar-refractivity contribution in [1.82, 2.24) is 9.78 Å². The predicted octanol–water partition coefficient (Wildman–Crippen LogP) is 0.711. The molecule has 0 amide bonds. The Labute approximate surface area is 114 Å². The number of hydrogen-bond donors (Lipinski definition) is 2. The van der Waals surface area contributed by atoms with Gasteiger partial charge in [-0.25, -0.2) is 8.42 Å². The van der Waals surface area contributed by atoms with Crippen LogP contribution in [0, 0.1) is 10.1 Å². The number of benzene rings is 1. The van der Waals surface area contributed by atoms with E-state index in [1.54, 1.807) is 13.2 Å². The third-order valence-corrected chi connectivity index (χ3v) is 3.81. The zero-order valence-electron chi connectivity index (χ0n) is 10.3. The molecule has 0 atom stereocenters. The van der Waals surface area contributed by atoms with Gasteiger partial charge in [0.2, 0.25) is 0 Å². The fraction of sp³-hybridized carbons (Fsp3) is 0.100. The zero-order valence-corrected chi connectivity index (χ0v) is 11.2. The highest BCUT2D eigenvalue weighted by atomic mass is 32.2. The molecule has 1 aromatic carbocycles. The molecule has 3 N–H and O–H groups in total. The molecule has 0 radical (unpaired) electrons. The van der Waals surface area contributed by atoms with Gasteiger partial charge >= 0.3 is 0 Å². The average Bonchev–Trinajstić information content (AvgIpc) is 2.73. The van der Waals surface area contributed by atoms with Gasteiger partial charge in [-0.1, -0.05) is 0 Å². The van der Waals surface area contributed by atoms with Gasteiger partial charge in [0.05, 0.1) is 9.82 Å². The first-order valence-corrected chi connectivity index (χ1v) is 6.84. The summed E-state index contributed by atoms with van der Waals surface area (Å²) in [6, 6.07) is 4.66. The Morgan fingerprint density at radius 2 is 2.10 bits per heavy atom. The number of nitrogens with two attached hydrogens (primary N) is 1. The predicted molar refractivity (Wildman–Crippen MR) is 71.5 cm³/mol. The smallest absolute Gasteiger partial charge is 0.292 e. The summed E-state index contributed by atoms with van der Waals surface area (Å²) >= 11 is 0. The second-order valence-electron chi connectivity index (χ2n) is 3.96. The summed E-state index contributed by atoms with van der Waals surface area (Å²) in [5.74, 6) is 0.143. The topological polar surface area (TPSA) is 133 Å². The van der Waals surface area contributed by atoms with E-state index in [-0.39, 0.29) is 22.1 Å². The molecule has 1 heterocycles. The van der Waals surface area contributed by atoms with Crippen LogP contribution in [0.2, 0.25) is 0 Å². The van der Waals surface area contributed by atoms with Crippen molar-refractivity contribution in [2.75, 3.05) is 10.5 Å². The van der Waals surface area contributed by atoms with Gasteiger partial charge in [0.15, 0.2) is 5.82 Å². The monoisotopic (exact) mass is 297 g/mol. The van der Waals surface area contributed by atoms with Gasteiger partial charge in [-0.2, -0.15) is 5.10 Å². The lowest BCUT2D eigenvalue weighted by Crippen LogP contribution is -2.14. The number of nitrogens with one attached hydrogen (secondary N) is 1. The number of nitrogen functional groups attached to an aromatic ring is 1. The molecule has 20 heavy (non-hydrogen) atoms. The minimum Gasteiger partial charge on any atom is -0.393 e. The van der Waals surface area contributed by atoms with E-state index in [2.05, 4.69) is 9.82 Å². The van der Waals surface area contributed by atoms with Gasteiger partial charge in [0, 0.05) is 25.4 Å². The number of aryl methyl sites for hydroxylation is 1. The van der Waals surface area contributed by atoms with Crippen LogP contribution in [-0.2, 0) is 17.1 Å². The van der Waals surface area contributed by atoms with Crippen LogP contribution >= 0.6 is 0 Å². The van der Waals surface area contributed by atoms with Gasteiger partial charge < -0.3 is 5.73 Å². The zero-order chi connectivity index (χ0) is 14.9. The van der Waals surface area contributed by atoms with Crippen molar-refractivity contribution >= 4 is 27.2 Å². The third-order valence-electron chi connectivity index (χ3n) is 2.46. The lowest BCUT2D eigenvalue weighted by Gasteiger charge is -2.06. The third kappa shape index (κ3) is 2.69. The van der Waals surface area contributed by atoms with Gasteiger partial charge in [-0.15, -0.1) is 0 Å². The van der Waals surface area contributed by atoms with Crippen molar-refractivity contribution in [1.29, 1.82) is 0 Å². The molecule has 0 aliphatic carbocycles. The molecular formula is C10H11N5O4S. The molecule has 9 nitrogen and oxygen atoms in total. The maximum atomic E-state index is 12.1. The summed E-state index contributed by atoms with van der Waals surface area (Å²) in [7, 11) is -2.25. The molecule has 0 spiro atoms. The lowest BCUT2D eigenvalue weighted by molar-refractivity contribution is -0.383. The van der Waals surface area contributed by atoms with Crippen molar-refractivity contribution in [3.05, 3.63) is 40.6 Å². The van der Waals surface area contributed by atoms with Crippen molar-refractivity contribution < 1.29 is 13.3 Å². The van der Waals surface area contributed by atoms with Gasteiger partial charge in [-0.3, -0.25) is 19.5 Å². The minimum atomic E-state index is -3.89. The maximum absolute atomic E-state index is 12.1. The van der Waals surface area contributed by atoms with E-state index in [9.17, 15) is 18.5 Å². The Bertz CT molecular complexity index is 768. The van der Waals surface area contributed by atoms with Crippen LogP contribution in [0.15, 0.2) is 35.4 Å². The normalized spacial score (nSPS) is 11.2. The first-order chi connectivity index (χ1) is 9.29. The summed E-state index contributed by atoms with van der Waals surface area (Å²) < 4.78 is 27.8. The number of nitrogens with zero attached hydrogens (tertiary/aromatic N) is 3. The Morgan fingerprint density at radius 1 is 1.40 bits per heavy atom. The fourth-order valence-electron chi connectivity index (χ4n) is 1.53. The Hall–Kier alpha value is -2.62. The molecule has 0 unspecified atom stereocenters. The molecule has 10 heteroatoms. The summed E-state index contributed by atoms with van der Waals surface area (Å²) in [6.45, 7) is 0. The van der Waals surface area contributed by atoms with Crippen molar-refractivity contribution in [2.45, 2.75) is 4.90 Å². The van der Waals surface area contributed by atoms with E-state index in [0.717, 1.165) is 18.2 Å². The number of anilines is 2. The summed E-state index contributed by atoms with van der Waals surface area (Å²) in [4.78, 5) is 9.77. The molecule has 2 rings (SSSR count). The number of hydrogen-bond acceptors (Lipinski definition) is 6. The second-order valence-corrected chi connectivity index (χ2v) is 5.64. The second kappa shape index (κ2) is 4.81. The molecule has 0 aliphatic rings. The summed E-state index contributed by atoms with van der Waals surface area (Å²) in [5, 5.41) is 14.5. The van der Waals surface area contributed by atoms with E-state index in [0.29, 0.717) is 0 Å². The van der Waals surface area contributed by atoms with E-state index in [1.165, 1.54) is 10.7 Å². The van der Waals surface area contributed by atoms with Crippen LogP contribution in [0.5, 0.6) is 0 Å². The first-order valence-electron chi connectivity index (χ1n) is 5.36. The molecule has 0 bridgehead atoms. The Kier molecular flexibility index (Phi) is 3.32. The Morgan fingerprint density at radius 3 is 2.60 bits per heavy atom. The molecule has 2 aromatic rings. The lowest BCUT2D eigenvalue weighted by atomic mass is 10.3. The quantitative estimate of drug-likeness (QED) is 0.485. The molecule has 1 aromatic heterocycles. The van der Waals surface area contributed by atoms with E-state index < -0.39 is 14.9 Å². The average molecular weight is 297 g/mol. The number of rotatable bonds is 4. The number of sulfonamides is 1. The number of nitro groups is 1. The number of nitro benzene ring substituents is 1. The van der Waals surface area contributed by atoms with Crippen molar-refractivity contribution in [3.8, 4) is 0 Å². The van der Waals surface area contributed by atoms with Crippen molar-refractivity contribution in [3.63, 3.8) is 0 Å². The van der Waals surface area contributed by atoms with Crippen molar-refractivity contribution in [2.24, 2.45) is 7.05 Å². The molecule has 0 saturated heterocycles. The molecule has 0 fully saturated rings. The summed E-state index contributed by atoms with van der Waals surface area (Å²) in [6.07, 6.45) is 1.57. The van der Waals surface area contributed by atoms with Crippen LogP contribution < -0.4 is 10.5 Å². The van der Waals surface area contributed by atoms with Crippen LogP contribution in [0.3, 0.4) is 0 Å².